The summed E-state index contributed by atoms with van der Waals surface area (Å²) in [5, 5.41) is 14.5. The molecular formula is C26H21N3O5. The second kappa shape index (κ2) is 6.98. The van der Waals surface area contributed by atoms with Gasteiger partial charge in [-0.15, -0.1) is 0 Å². The van der Waals surface area contributed by atoms with E-state index in [4.69, 9.17) is 4.74 Å². The number of amides is 1. The number of anilines is 1. The van der Waals surface area contributed by atoms with Gasteiger partial charge in [0.05, 0.1) is 10.5 Å². The van der Waals surface area contributed by atoms with Crippen molar-refractivity contribution in [3.05, 3.63) is 99.6 Å². The summed E-state index contributed by atoms with van der Waals surface area (Å²) in [6, 6.07) is 20.8. The van der Waals surface area contributed by atoms with Crippen molar-refractivity contribution in [3.8, 4) is 5.75 Å². The van der Waals surface area contributed by atoms with Crippen molar-refractivity contribution in [2.75, 3.05) is 25.5 Å². The maximum absolute atomic E-state index is 14.5. The normalized spacial score (nSPS) is 27.4. The molecule has 8 nitrogen and oxygen atoms in total. The van der Waals surface area contributed by atoms with Crippen LogP contribution in [0.4, 0.5) is 11.4 Å². The molecule has 3 aliphatic heterocycles. The second-order valence-corrected chi connectivity index (χ2v) is 9.08. The lowest BCUT2D eigenvalue weighted by Crippen LogP contribution is -2.62. The zero-order valence-electron chi connectivity index (χ0n) is 18.4. The number of hydrogen-bond acceptors (Lipinski definition) is 6. The van der Waals surface area contributed by atoms with Gasteiger partial charge in [0.1, 0.15) is 23.3 Å². The number of carbonyl (C=O) groups excluding carboxylic acids is 2. The number of para-hydroxylation sites is 2. The molecule has 1 fully saturated rings. The van der Waals surface area contributed by atoms with Crippen molar-refractivity contribution in [3.63, 3.8) is 0 Å². The van der Waals surface area contributed by atoms with E-state index >= 15 is 0 Å². The number of Topliss-reactive ketones (excluding diaryl/α,β-unsaturated/α-hetero) is 1. The zero-order chi connectivity index (χ0) is 23.7. The first-order valence-corrected chi connectivity index (χ1v) is 11.0. The van der Waals surface area contributed by atoms with Crippen LogP contribution in [0.25, 0.3) is 0 Å². The number of fused-ring (bicyclic) bond motifs is 4. The first-order valence-electron chi connectivity index (χ1n) is 11.0. The summed E-state index contributed by atoms with van der Waals surface area (Å²) in [6.45, 7) is 0.322. The van der Waals surface area contributed by atoms with Crippen LogP contribution in [0.3, 0.4) is 0 Å². The van der Waals surface area contributed by atoms with E-state index < -0.39 is 21.8 Å². The number of hydrogen-bond donors (Lipinski definition) is 1. The minimum atomic E-state index is -1.33. The van der Waals surface area contributed by atoms with Crippen molar-refractivity contribution in [1.82, 2.24) is 4.90 Å². The summed E-state index contributed by atoms with van der Waals surface area (Å²) in [5.74, 6) is -0.523. The molecule has 6 rings (SSSR count). The minimum absolute atomic E-state index is 0.0255. The van der Waals surface area contributed by atoms with Crippen LogP contribution in [0.1, 0.15) is 27.4 Å². The largest absolute Gasteiger partial charge is 0.492 e. The maximum atomic E-state index is 14.5. The van der Waals surface area contributed by atoms with E-state index in [-0.39, 0.29) is 24.0 Å². The van der Waals surface area contributed by atoms with E-state index in [1.807, 2.05) is 36.2 Å². The number of nitro benzene ring substituents is 1. The fourth-order valence-corrected chi connectivity index (χ4v) is 6.27. The summed E-state index contributed by atoms with van der Waals surface area (Å²) >= 11 is 0. The molecule has 0 aromatic heterocycles. The monoisotopic (exact) mass is 455 g/mol. The molecule has 0 radical (unpaired) electrons. The van der Waals surface area contributed by atoms with Crippen molar-refractivity contribution < 1.29 is 19.2 Å². The number of benzene rings is 3. The number of rotatable bonds is 2. The molecule has 170 valence electrons. The molecule has 3 aliphatic rings. The quantitative estimate of drug-likeness (QED) is 0.467. The van der Waals surface area contributed by atoms with Gasteiger partial charge in [-0.3, -0.25) is 24.6 Å². The molecule has 1 N–H and O–H groups in total. The highest BCUT2D eigenvalue weighted by atomic mass is 16.6. The van der Waals surface area contributed by atoms with E-state index in [1.54, 1.807) is 36.4 Å². The highest BCUT2D eigenvalue weighted by Gasteiger charge is 2.75. The molecule has 8 heteroatoms. The van der Waals surface area contributed by atoms with Crippen molar-refractivity contribution in [2.45, 2.75) is 11.5 Å². The summed E-state index contributed by atoms with van der Waals surface area (Å²) in [4.78, 5) is 41.4. The number of likely N-dealkylation sites (N-methyl/N-ethyl adjacent to an activating group) is 1. The molecule has 0 bridgehead atoms. The Morgan fingerprint density at radius 2 is 1.82 bits per heavy atom. The number of nitrogens with one attached hydrogen (secondary N) is 1. The minimum Gasteiger partial charge on any atom is -0.492 e. The predicted molar refractivity (Wildman–Crippen MR) is 124 cm³/mol. The smallest absolute Gasteiger partial charge is 0.269 e. The summed E-state index contributed by atoms with van der Waals surface area (Å²) in [6.07, 6.45) is 0. The highest BCUT2D eigenvalue weighted by molar-refractivity contribution is 6.15. The van der Waals surface area contributed by atoms with E-state index in [1.165, 1.54) is 12.1 Å². The number of non-ortho nitro benzene ring substituents is 1. The van der Waals surface area contributed by atoms with Gasteiger partial charge in [0, 0.05) is 35.8 Å². The van der Waals surface area contributed by atoms with Gasteiger partial charge in [0.2, 0.25) is 0 Å². The Kier molecular flexibility index (Phi) is 4.22. The summed E-state index contributed by atoms with van der Waals surface area (Å²) < 4.78 is 6.20. The standard InChI is InChI=1S/C26H21N3O5/c1-28-14-20(16-7-6-8-17(13-16)29(32)33)25(15-34-22-12-5-2-9-18(22)23(25)30)26(28)19-10-3-4-11-21(19)27-24(26)31/h2-13,20H,14-15H2,1H3,(H,27,31)/t20-,25+,26-/m1/s1. The third-order valence-corrected chi connectivity index (χ3v) is 7.64. The average Bonchev–Trinajstić information content (AvgIpc) is 3.30. The number of ketones is 1. The Balaban J connectivity index is 1.66. The lowest BCUT2D eigenvalue weighted by atomic mass is 9.57. The number of nitro groups is 1. The lowest BCUT2D eigenvalue weighted by Gasteiger charge is -2.47. The average molecular weight is 455 g/mol. The molecule has 34 heavy (non-hydrogen) atoms. The predicted octanol–water partition coefficient (Wildman–Crippen LogP) is 3.73. The molecule has 1 amide bonds. The van der Waals surface area contributed by atoms with Crippen LogP contribution < -0.4 is 10.1 Å². The van der Waals surface area contributed by atoms with Crippen LogP contribution in [-0.4, -0.2) is 41.7 Å². The molecule has 0 unspecified atom stereocenters. The summed E-state index contributed by atoms with van der Waals surface area (Å²) in [5.41, 5.74) is -0.303. The lowest BCUT2D eigenvalue weighted by molar-refractivity contribution is -0.384. The maximum Gasteiger partial charge on any atom is 0.269 e. The Labute approximate surface area is 195 Å². The molecule has 3 heterocycles. The molecule has 3 atom stereocenters. The van der Waals surface area contributed by atoms with Gasteiger partial charge in [-0.1, -0.05) is 42.5 Å². The van der Waals surface area contributed by atoms with E-state index in [2.05, 4.69) is 5.32 Å². The third-order valence-electron chi connectivity index (χ3n) is 7.64. The van der Waals surface area contributed by atoms with Gasteiger partial charge >= 0.3 is 0 Å². The van der Waals surface area contributed by atoms with Crippen LogP contribution >= 0.6 is 0 Å². The van der Waals surface area contributed by atoms with Crippen molar-refractivity contribution in [1.29, 1.82) is 0 Å². The molecule has 1 saturated heterocycles. The van der Waals surface area contributed by atoms with Gasteiger partial charge in [-0.2, -0.15) is 0 Å². The van der Waals surface area contributed by atoms with Crippen LogP contribution in [0.2, 0.25) is 0 Å². The Morgan fingerprint density at radius 1 is 1.06 bits per heavy atom. The molecule has 0 saturated carbocycles. The van der Waals surface area contributed by atoms with Gasteiger partial charge in [-0.05, 0) is 30.8 Å². The zero-order valence-corrected chi connectivity index (χ0v) is 18.4. The van der Waals surface area contributed by atoms with Crippen LogP contribution in [0, 0.1) is 15.5 Å². The molecule has 0 aliphatic carbocycles. The molecular weight excluding hydrogens is 434 g/mol. The molecule has 3 aromatic rings. The van der Waals surface area contributed by atoms with Gasteiger partial charge in [-0.25, -0.2) is 0 Å². The fourth-order valence-electron chi connectivity index (χ4n) is 6.27. The SMILES string of the molecule is CN1C[C@H](c2cccc([N+](=O)[O-])c2)[C@]2(COc3ccccc3C2=O)[C@@]12C(=O)Nc1ccccc12. The van der Waals surface area contributed by atoms with Crippen molar-refractivity contribution >= 4 is 23.1 Å². The Hall–Kier alpha value is -4.04. The topological polar surface area (TPSA) is 102 Å². The Morgan fingerprint density at radius 3 is 2.65 bits per heavy atom. The number of ether oxygens (including phenoxy) is 1. The first kappa shape index (κ1) is 20.6. The van der Waals surface area contributed by atoms with Crippen molar-refractivity contribution in [2.24, 2.45) is 5.41 Å². The number of nitrogens with zero attached hydrogens (tertiary/aromatic N) is 2. The highest BCUT2D eigenvalue weighted by Crippen LogP contribution is 2.64. The van der Waals surface area contributed by atoms with E-state index in [0.29, 0.717) is 34.7 Å². The number of likely N-dealkylation sites (tertiary alicyclic amines) is 1. The summed E-state index contributed by atoms with van der Waals surface area (Å²) in [7, 11) is 1.83. The third kappa shape index (κ3) is 2.35. The van der Waals surface area contributed by atoms with Crippen LogP contribution in [0.15, 0.2) is 72.8 Å². The van der Waals surface area contributed by atoms with Gasteiger partial charge in [0.15, 0.2) is 5.78 Å². The van der Waals surface area contributed by atoms with E-state index in [0.717, 1.165) is 0 Å². The van der Waals surface area contributed by atoms with Crippen LogP contribution in [-0.2, 0) is 10.3 Å². The first-order chi connectivity index (χ1) is 16.4. The second-order valence-electron chi connectivity index (χ2n) is 9.08. The van der Waals surface area contributed by atoms with E-state index in [9.17, 15) is 19.7 Å². The van der Waals surface area contributed by atoms with Crippen LogP contribution in [0.5, 0.6) is 5.75 Å². The molecule has 2 spiro atoms. The number of carbonyl (C=O) groups is 2. The fraction of sp³-hybridized carbons (Fsp3) is 0.231. The molecule has 3 aromatic carbocycles. The Bertz CT molecular complexity index is 1390. The van der Waals surface area contributed by atoms with Gasteiger partial charge in [0.25, 0.3) is 11.6 Å². The van der Waals surface area contributed by atoms with Gasteiger partial charge < -0.3 is 10.1 Å².